The smallest absolute Gasteiger partial charge is 0.289 e. The number of carbonyl (C=O) groups excluding carboxylic acids is 5. The molecule has 3 rings (SSSR count). The van der Waals surface area contributed by atoms with Crippen LogP contribution in [0.5, 0.6) is 0 Å². The highest BCUT2D eigenvalue weighted by Gasteiger charge is 2.38. The molecule has 10 nitrogen and oxygen atoms in total. The molecule has 1 heterocycles. The van der Waals surface area contributed by atoms with Crippen molar-refractivity contribution in [2.45, 2.75) is 70.2 Å². The average molecular weight is 493 g/mol. The molecule has 0 bridgehead atoms. The number of Topliss-reactive ketones (excluding diaryl/α,β-unsaturated/α-hetero) is 1. The molecule has 3 atom stereocenters. The molecule has 1 aliphatic carbocycles. The van der Waals surface area contributed by atoms with E-state index in [0.29, 0.717) is 6.42 Å². The highest BCUT2D eigenvalue weighted by Crippen LogP contribution is 2.25. The Morgan fingerprint density at radius 2 is 1.91 bits per heavy atom. The van der Waals surface area contributed by atoms with Gasteiger partial charge in [-0.15, -0.1) is 0 Å². The van der Waals surface area contributed by atoms with Crippen LogP contribution in [-0.4, -0.2) is 58.2 Å². The fourth-order valence-electron chi connectivity index (χ4n) is 3.64. The lowest BCUT2D eigenvalue weighted by Gasteiger charge is -2.22. The van der Waals surface area contributed by atoms with Crippen LogP contribution in [0.15, 0.2) is 18.2 Å². The second kappa shape index (κ2) is 10.1. The molecule has 0 aromatic heterocycles. The molecule has 2 aliphatic rings. The van der Waals surface area contributed by atoms with E-state index in [4.69, 9.17) is 11.6 Å². The average Bonchev–Trinajstić information content (AvgIpc) is 3.50. The van der Waals surface area contributed by atoms with Crippen molar-refractivity contribution in [1.29, 1.82) is 0 Å². The normalized spacial score (nSPS) is 20.8. The van der Waals surface area contributed by atoms with E-state index in [1.807, 2.05) is 6.92 Å². The fourth-order valence-corrected chi connectivity index (χ4v) is 3.81. The number of hydrogen-bond acceptors (Lipinski definition) is 6. The molecule has 0 spiro atoms. The monoisotopic (exact) mass is 492 g/mol. The number of carbonyl (C=O) groups is 5. The zero-order valence-electron chi connectivity index (χ0n) is 19.2. The molecule has 5 N–H and O–H groups in total. The number of halogens is 1. The quantitative estimate of drug-likeness (QED) is 0.323. The Hall–Kier alpha value is -2.98. The van der Waals surface area contributed by atoms with Crippen LogP contribution in [0.2, 0.25) is 5.02 Å². The third kappa shape index (κ3) is 6.54. The number of hydrogen-bond donors (Lipinski definition) is 5. The molecule has 1 aliphatic heterocycles. The van der Waals surface area contributed by atoms with E-state index in [0.717, 1.165) is 12.8 Å². The molecular weight excluding hydrogens is 464 g/mol. The minimum absolute atomic E-state index is 0.0508. The summed E-state index contributed by atoms with van der Waals surface area (Å²) >= 11 is 6.05. The van der Waals surface area contributed by atoms with E-state index >= 15 is 0 Å². The number of rotatable bonds is 9. The van der Waals surface area contributed by atoms with Crippen molar-refractivity contribution in [3.63, 3.8) is 0 Å². The number of amides is 4. The number of benzene rings is 1. The predicted octanol–water partition coefficient (Wildman–Crippen LogP) is 0.910. The molecule has 1 unspecified atom stereocenters. The van der Waals surface area contributed by atoms with Gasteiger partial charge in [-0.05, 0) is 64.7 Å². The van der Waals surface area contributed by atoms with Gasteiger partial charge in [0.25, 0.3) is 17.7 Å². The van der Waals surface area contributed by atoms with Crippen LogP contribution in [0.1, 0.15) is 56.8 Å². The highest BCUT2D eigenvalue weighted by atomic mass is 35.5. The Balaban J connectivity index is 1.83. The van der Waals surface area contributed by atoms with Crippen LogP contribution in [-0.2, 0) is 19.2 Å². The van der Waals surface area contributed by atoms with E-state index in [-0.39, 0.29) is 40.7 Å². The van der Waals surface area contributed by atoms with Gasteiger partial charge in [-0.3, -0.25) is 24.0 Å². The molecular formula is C23H29ClN4O6. The molecule has 2 fully saturated rings. The van der Waals surface area contributed by atoms with Crippen molar-refractivity contribution in [2.75, 3.05) is 5.32 Å². The standard InChI is InChI=1S/C23H29ClN4O6/c1-11-8-12(19(30)25-11)9-17(18(29)21(32)26-14-5-6-14)27-20(31)15-10-13(24)4-7-16(15)28-22(33)23(2,3)34/h4,7,10-12,14,17,34H,5-6,8-9H2,1-3H3,(H,25,30)(H,26,32)(H,27,31)(H,28,33)/t11-,12+,17?/m1/s1. The van der Waals surface area contributed by atoms with E-state index in [1.165, 1.54) is 32.0 Å². The summed E-state index contributed by atoms with van der Waals surface area (Å²) in [6, 6.07) is 2.74. The Morgan fingerprint density at radius 1 is 1.24 bits per heavy atom. The van der Waals surface area contributed by atoms with Crippen LogP contribution in [0.3, 0.4) is 0 Å². The summed E-state index contributed by atoms with van der Waals surface area (Å²) in [7, 11) is 0. The minimum atomic E-state index is -1.71. The molecule has 0 radical (unpaired) electrons. The lowest BCUT2D eigenvalue weighted by Crippen LogP contribution is -2.49. The second-order valence-electron chi connectivity index (χ2n) is 9.42. The minimum Gasteiger partial charge on any atom is -0.381 e. The zero-order valence-corrected chi connectivity index (χ0v) is 20.0. The summed E-state index contributed by atoms with van der Waals surface area (Å²) in [5.41, 5.74) is -1.70. The summed E-state index contributed by atoms with van der Waals surface area (Å²) in [6.45, 7) is 4.41. The Bertz CT molecular complexity index is 1020. The van der Waals surface area contributed by atoms with Crippen LogP contribution < -0.4 is 21.3 Å². The fraction of sp³-hybridized carbons (Fsp3) is 0.522. The lowest BCUT2D eigenvalue weighted by molar-refractivity contribution is -0.139. The third-order valence-electron chi connectivity index (χ3n) is 5.71. The molecule has 1 aromatic carbocycles. The summed E-state index contributed by atoms with van der Waals surface area (Å²) in [5.74, 6) is -3.98. The Labute approximate surface area is 202 Å². The zero-order chi connectivity index (χ0) is 25.2. The van der Waals surface area contributed by atoms with Gasteiger partial charge >= 0.3 is 0 Å². The van der Waals surface area contributed by atoms with Crippen molar-refractivity contribution < 1.29 is 29.1 Å². The van der Waals surface area contributed by atoms with Crippen molar-refractivity contribution in [3.05, 3.63) is 28.8 Å². The van der Waals surface area contributed by atoms with Crippen molar-refractivity contribution in [2.24, 2.45) is 5.92 Å². The van der Waals surface area contributed by atoms with Gasteiger partial charge in [-0.1, -0.05) is 11.6 Å². The summed E-state index contributed by atoms with van der Waals surface area (Å²) in [6.07, 6.45) is 1.98. The Morgan fingerprint density at radius 3 is 2.47 bits per heavy atom. The van der Waals surface area contributed by atoms with Crippen LogP contribution in [0.25, 0.3) is 0 Å². The molecule has 4 amide bonds. The van der Waals surface area contributed by atoms with E-state index < -0.39 is 41.1 Å². The molecule has 11 heteroatoms. The van der Waals surface area contributed by atoms with Crippen molar-refractivity contribution in [3.8, 4) is 0 Å². The topological polar surface area (TPSA) is 154 Å². The first-order chi connectivity index (χ1) is 15.8. The first kappa shape index (κ1) is 25.6. The van der Waals surface area contributed by atoms with Gasteiger partial charge in [-0.25, -0.2) is 0 Å². The maximum Gasteiger partial charge on any atom is 0.289 e. The number of aliphatic hydroxyl groups is 1. The van der Waals surface area contributed by atoms with Crippen LogP contribution >= 0.6 is 11.6 Å². The molecule has 184 valence electrons. The van der Waals surface area contributed by atoms with Gasteiger partial charge < -0.3 is 26.4 Å². The molecule has 1 saturated carbocycles. The Kier molecular flexibility index (Phi) is 7.62. The first-order valence-corrected chi connectivity index (χ1v) is 11.5. The van der Waals surface area contributed by atoms with Gasteiger partial charge in [0.15, 0.2) is 0 Å². The largest absolute Gasteiger partial charge is 0.381 e. The van der Waals surface area contributed by atoms with E-state index in [1.54, 1.807) is 0 Å². The summed E-state index contributed by atoms with van der Waals surface area (Å²) < 4.78 is 0. The predicted molar refractivity (Wildman–Crippen MR) is 124 cm³/mol. The number of anilines is 1. The molecule has 1 aromatic rings. The van der Waals surface area contributed by atoms with Gasteiger partial charge in [0, 0.05) is 23.0 Å². The molecule has 34 heavy (non-hydrogen) atoms. The van der Waals surface area contributed by atoms with Crippen molar-refractivity contribution >= 4 is 46.7 Å². The molecule has 1 saturated heterocycles. The van der Waals surface area contributed by atoms with Crippen molar-refractivity contribution in [1.82, 2.24) is 16.0 Å². The lowest BCUT2D eigenvalue weighted by atomic mass is 9.93. The first-order valence-electron chi connectivity index (χ1n) is 11.1. The summed E-state index contributed by atoms with van der Waals surface area (Å²) in [5, 5.41) is 20.5. The van der Waals surface area contributed by atoms with Gasteiger partial charge in [-0.2, -0.15) is 0 Å². The highest BCUT2D eigenvalue weighted by molar-refractivity contribution is 6.38. The SMILES string of the molecule is C[C@@H]1C[C@@H](CC(NC(=O)c2cc(Cl)ccc2NC(=O)C(C)(C)O)C(=O)C(=O)NC2CC2)C(=O)N1. The second-order valence-corrected chi connectivity index (χ2v) is 9.86. The van der Waals surface area contributed by atoms with E-state index in [9.17, 15) is 29.1 Å². The third-order valence-corrected chi connectivity index (χ3v) is 5.94. The maximum atomic E-state index is 13.2. The summed E-state index contributed by atoms with van der Waals surface area (Å²) in [4.78, 5) is 63.0. The maximum absolute atomic E-state index is 13.2. The van der Waals surface area contributed by atoms with E-state index in [2.05, 4.69) is 21.3 Å². The van der Waals surface area contributed by atoms with Crippen LogP contribution in [0, 0.1) is 5.92 Å². The van der Waals surface area contributed by atoms with Gasteiger partial charge in [0.05, 0.1) is 17.3 Å². The van der Waals surface area contributed by atoms with Crippen LogP contribution in [0.4, 0.5) is 5.69 Å². The van der Waals surface area contributed by atoms with Gasteiger partial charge in [0.1, 0.15) is 5.60 Å². The number of ketones is 1. The number of nitrogens with one attached hydrogen (secondary N) is 4. The van der Waals surface area contributed by atoms with Gasteiger partial charge in [0.2, 0.25) is 11.7 Å².